The van der Waals surface area contributed by atoms with Crippen LogP contribution in [0.2, 0.25) is 0 Å². The standard InChI is InChI=1S/C21H22N4O2/c1-2-25(21(26)27)18-10-12-24(14-18)20-22-11-9-19(23-20)17-8-7-15-5-3-4-6-16(15)13-17/h3-9,11,13,18H,2,10,12,14H2,1H3,(H,26,27)/t18-/m1/s1. The number of nitrogens with zero attached hydrogens (tertiary/aromatic N) is 4. The van der Waals surface area contributed by atoms with Crippen molar-refractivity contribution in [2.45, 2.75) is 19.4 Å². The summed E-state index contributed by atoms with van der Waals surface area (Å²) in [4.78, 5) is 24.1. The molecule has 2 heterocycles. The van der Waals surface area contributed by atoms with Crippen molar-refractivity contribution in [2.75, 3.05) is 24.5 Å². The molecule has 0 bridgehead atoms. The Morgan fingerprint density at radius 2 is 2.04 bits per heavy atom. The predicted octanol–water partition coefficient (Wildman–Crippen LogP) is 3.88. The molecule has 27 heavy (non-hydrogen) atoms. The van der Waals surface area contributed by atoms with Crippen LogP contribution in [-0.4, -0.2) is 51.7 Å². The van der Waals surface area contributed by atoms with Crippen LogP contribution in [0.3, 0.4) is 0 Å². The van der Waals surface area contributed by atoms with Gasteiger partial charge in [-0.25, -0.2) is 14.8 Å². The maximum atomic E-state index is 11.4. The minimum Gasteiger partial charge on any atom is -0.465 e. The molecule has 138 valence electrons. The van der Waals surface area contributed by atoms with Crippen molar-refractivity contribution in [3.05, 3.63) is 54.7 Å². The first kappa shape index (κ1) is 17.3. The number of aromatic nitrogens is 2. The molecule has 1 atom stereocenters. The van der Waals surface area contributed by atoms with Gasteiger partial charge in [0.05, 0.1) is 11.7 Å². The molecule has 6 heteroatoms. The highest BCUT2D eigenvalue weighted by Gasteiger charge is 2.31. The van der Waals surface area contributed by atoms with E-state index >= 15 is 0 Å². The summed E-state index contributed by atoms with van der Waals surface area (Å²) in [7, 11) is 0. The monoisotopic (exact) mass is 362 g/mol. The highest BCUT2D eigenvalue weighted by Crippen LogP contribution is 2.26. The molecule has 0 unspecified atom stereocenters. The number of hydrogen-bond donors (Lipinski definition) is 1. The molecule has 6 nitrogen and oxygen atoms in total. The summed E-state index contributed by atoms with van der Waals surface area (Å²) in [5.41, 5.74) is 1.92. The summed E-state index contributed by atoms with van der Waals surface area (Å²) in [6.07, 6.45) is 1.70. The van der Waals surface area contributed by atoms with E-state index in [1.165, 1.54) is 15.7 Å². The Bertz CT molecular complexity index is 975. The van der Waals surface area contributed by atoms with Crippen molar-refractivity contribution in [1.82, 2.24) is 14.9 Å². The number of carboxylic acid groups (broad SMARTS) is 1. The number of likely N-dealkylation sites (N-methyl/N-ethyl adjacent to an activating group) is 1. The molecule has 1 aliphatic heterocycles. The maximum Gasteiger partial charge on any atom is 0.407 e. The van der Waals surface area contributed by atoms with Gasteiger partial charge in [0.1, 0.15) is 0 Å². The fourth-order valence-electron chi connectivity index (χ4n) is 3.74. The normalized spacial score (nSPS) is 16.6. The van der Waals surface area contributed by atoms with Crippen molar-refractivity contribution in [3.8, 4) is 11.3 Å². The van der Waals surface area contributed by atoms with Gasteiger partial charge in [0.15, 0.2) is 0 Å². The lowest BCUT2D eigenvalue weighted by Gasteiger charge is -2.24. The summed E-state index contributed by atoms with van der Waals surface area (Å²) in [6, 6.07) is 16.5. The fourth-order valence-corrected chi connectivity index (χ4v) is 3.74. The first-order valence-electron chi connectivity index (χ1n) is 9.22. The van der Waals surface area contributed by atoms with Crippen molar-refractivity contribution < 1.29 is 9.90 Å². The first-order chi connectivity index (χ1) is 13.2. The van der Waals surface area contributed by atoms with Gasteiger partial charge in [0, 0.05) is 31.4 Å². The molecular weight excluding hydrogens is 340 g/mol. The quantitative estimate of drug-likeness (QED) is 0.763. The van der Waals surface area contributed by atoms with Gasteiger partial charge in [0.2, 0.25) is 5.95 Å². The molecule has 2 aromatic carbocycles. The van der Waals surface area contributed by atoms with Crippen LogP contribution in [0.5, 0.6) is 0 Å². The van der Waals surface area contributed by atoms with Crippen molar-refractivity contribution in [3.63, 3.8) is 0 Å². The number of benzene rings is 2. The molecule has 0 radical (unpaired) electrons. The topological polar surface area (TPSA) is 69.6 Å². The van der Waals surface area contributed by atoms with E-state index in [4.69, 9.17) is 4.98 Å². The lowest BCUT2D eigenvalue weighted by molar-refractivity contribution is 0.131. The van der Waals surface area contributed by atoms with E-state index in [1.807, 2.05) is 25.1 Å². The van der Waals surface area contributed by atoms with Crippen LogP contribution in [0.25, 0.3) is 22.0 Å². The van der Waals surface area contributed by atoms with Gasteiger partial charge in [-0.15, -0.1) is 0 Å². The van der Waals surface area contributed by atoms with Crippen LogP contribution in [0.15, 0.2) is 54.7 Å². The largest absolute Gasteiger partial charge is 0.465 e. The summed E-state index contributed by atoms with van der Waals surface area (Å²) in [5.74, 6) is 0.657. The summed E-state index contributed by atoms with van der Waals surface area (Å²) in [6.45, 7) is 3.75. The van der Waals surface area contributed by atoms with Crippen LogP contribution in [0.4, 0.5) is 10.7 Å². The third-order valence-electron chi connectivity index (χ3n) is 5.16. The van der Waals surface area contributed by atoms with Crippen molar-refractivity contribution >= 4 is 22.8 Å². The Morgan fingerprint density at radius 1 is 1.22 bits per heavy atom. The van der Waals surface area contributed by atoms with Crippen molar-refractivity contribution in [2.24, 2.45) is 0 Å². The molecule has 0 aliphatic carbocycles. The van der Waals surface area contributed by atoms with Gasteiger partial charge in [-0.2, -0.15) is 0 Å². The highest BCUT2D eigenvalue weighted by molar-refractivity contribution is 5.86. The molecule has 1 amide bonds. The number of hydrogen-bond acceptors (Lipinski definition) is 4. The highest BCUT2D eigenvalue weighted by atomic mass is 16.4. The summed E-state index contributed by atoms with van der Waals surface area (Å²) in [5, 5.41) is 11.7. The van der Waals surface area contributed by atoms with Crippen LogP contribution >= 0.6 is 0 Å². The van der Waals surface area contributed by atoms with E-state index in [1.54, 1.807) is 6.20 Å². The number of anilines is 1. The lowest BCUT2D eigenvalue weighted by atomic mass is 10.1. The Hall–Kier alpha value is -3.15. The van der Waals surface area contributed by atoms with E-state index in [2.05, 4.69) is 40.2 Å². The lowest BCUT2D eigenvalue weighted by Crippen LogP contribution is -2.41. The van der Waals surface area contributed by atoms with Crippen LogP contribution in [-0.2, 0) is 0 Å². The molecule has 1 N–H and O–H groups in total. The predicted molar refractivity (Wildman–Crippen MR) is 106 cm³/mol. The fraction of sp³-hybridized carbons (Fsp3) is 0.286. The third-order valence-corrected chi connectivity index (χ3v) is 5.16. The Morgan fingerprint density at radius 3 is 2.81 bits per heavy atom. The average Bonchev–Trinajstić information content (AvgIpc) is 3.18. The van der Waals surface area contributed by atoms with Gasteiger partial charge in [-0.05, 0) is 36.2 Å². The van der Waals surface area contributed by atoms with Gasteiger partial charge >= 0.3 is 6.09 Å². The van der Waals surface area contributed by atoms with E-state index in [0.29, 0.717) is 19.0 Å². The van der Waals surface area contributed by atoms with E-state index < -0.39 is 6.09 Å². The zero-order valence-corrected chi connectivity index (χ0v) is 15.2. The minimum absolute atomic E-state index is 0.0135. The second-order valence-electron chi connectivity index (χ2n) is 6.76. The number of rotatable bonds is 4. The molecule has 1 aromatic heterocycles. The zero-order chi connectivity index (χ0) is 18.8. The molecule has 1 fully saturated rings. The number of amides is 1. The second kappa shape index (κ2) is 7.23. The molecule has 4 rings (SSSR count). The Kier molecular flexibility index (Phi) is 4.62. The van der Waals surface area contributed by atoms with Gasteiger partial charge in [-0.3, -0.25) is 0 Å². The Balaban J connectivity index is 1.58. The maximum absolute atomic E-state index is 11.4. The molecule has 1 aliphatic rings. The SMILES string of the molecule is CCN(C(=O)O)[C@@H]1CCN(c2nccc(-c3ccc4ccccc4c3)n2)C1. The van der Waals surface area contributed by atoms with Crippen LogP contribution in [0, 0.1) is 0 Å². The van der Waals surface area contributed by atoms with Gasteiger partial charge < -0.3 is 14.9 Å². The first-order valence-corrected chi connectivity index (χ1v) is 9.22. The minimum atomic E-state index is -0.866. The summed E-state index contributed by atoms with van der Waals surface area (Å²) < 4.78 is 0. The third kappa shape index (κ3) is 3.43. The number of carbonyl (C=O) groups is 1. The van der Waals surface area contributed by atoms with Crippen LogP contribution < -0.4 is 4.90 Å². The van der Waals surface area contributed by atoms with E-state index in [0.717, 1.165) is 24.2 Å². The van der Waals surface area contributed by atoms with Crippen LogP contribution in [0.1, 0.15) is 13.3 Å². The molecule has 0 saturated carbocycles. The molecule has 3 aromatic rings. The van der Waals surface area contributed by atoms with Gasteiger partial charge in [0.25, 0.3) is 0 Å². The second-order valence-corrected chi connectivity index (χ2v) is 6.76. The van der Waals surface area contributed by atoms with E-state index in [-0.39, 0.29) is 6.04 Å². The Labute approximate surface area is 158 Å². The van der Waals surface area contributed by atoms with E-state index in [9.17, 15) is 9.90 Å². The molecule has 1 saturated heterocycles. The van der Waals surface area contributed by atoms with Crippen molar-refractivity contribution in [1.29, 1.82) is 0 Å². The molecule has 0 spiro atoms. The zero-order valence-electron chi connectivity index (χ0n) is 15.2. The molecular formula is C21H22N4O2. The smallest absolute Gasteiger partial charge is 0.407 e. The number of fused-ring (bicyclic) bond motifs is 1. The summed E-state index contributed by atoms with van der Waals surface area (Å²) >= 11 is 0. The van der Waals surface area contributed by atoms with Gasteiger partial charge in [-0.1, -0.05) is 36.4 Å². The average molecular weight is 362 g/mol.